The Morgan fingerprint density at radius 3 is 2.48 bits per heavy atom. The Balaban J connectivity index is 1.79. The van der Waals surface area contributed by atoms with Crippen LogP contribution in [-0.2, 0) is 13.0 Å². The van der Waals surface area contributed by atoms with Gasteiger partial charge in [-0.15, -0.1) is 0 Å². The Morgan fingerprint density at radius 2 is 1.79 bits per heavy atom. The second-order valence-electron chi connectivity index (χ2n) is 6.38. The van der Waals surface area contributed by atoms with Crippen molar-refractivity contribution < 1.29 is 9.53 Å². The molecule has 0 aliphatic rings. The van der Waals surface area contributed by atoms with Crippen molar-refractivity contribution in [3.63, 3.8) is 0 Å². The van der Waals surface area contributed by atoms with Gasteiger partial charge in [-0.2, -0.15) is 0 Å². The summed E-state index contributed by atoms with van der Waals surface area (Å²) >= 11 is 0. The molecule has 3 aromatic rings. The van der Waals surface area contributed by atoms with Crippen LogP contribution in [0.1, 0.15) is 28.4 Å². The molecule has 1 heterocycles. The number of nitrogens with zero attached hydrogens (tertiary/aromatic N) is 2. The van der Waals surface area contributed by atoms with Gasteiger partial charge in [-0.1, -0.05) is 25.1 Å². The number of ether oxygens (including phenoxy) is 1. The fourth-order valence-corrected chi connectivity index (χ4v) is 2.67. The van der Waals surface area contributed by atoms with E-state index in [4.69, 9.17) is 4.74 Å². The van der Waals surface area contributed by atoms with E-state index in [0.717, 1.165) is 17.7 Å². The first-order valence-electron chi connectivity index (χ1n) is 9.42. The normalized spacial score (nSPS) is 11.0. The number of benzene rings is 2. The summed E-state index contributed by atoms with van der Waals surface area (Å²) in [7, 11) is 1.57. The Hall–Kier alpha value is -3.67. The number of methoxy groups -OCH3 is 1. The van der Waals surface area contributed by atoms with Crippen LogP contribution in [0.15, 0.2) is 78.0 Å². The van der Waals surface area contributed by atoms with Gasteiger partial charge in [-0.25, -0.2) is 4.99 Å². The lowest BCUT2D eigenvalue weighted by molar-refractivity contribution is 0.0976. The smallest absolute Gasteiger partial charge is 0.258 e. The van der Waals surface area contributed by atoms with E-state index in [1.165, 1.54) is 5.56 Å². The minimum absolute atomic E-state index is 0.268. The number of guanidine groups is 1. The van der Waals surface area contributed by atoms with Gasteiger partial charge in [0.25, 0.3) is 5.91 Å². The lowest BCUT2D eigenvalue weighted by Gasteiger charge is -2.13. The summed E-state index contributed by atoms with van der Waals surface area (Å²) < 4.78 is 5.20. The maximum absolute atomic E-state index is 12.7. The number of anilines is 1. The van der Waals surface area contributed by atoms with Crippen LogP contribution in [0.2, 0.25) is 0 Å². The SMILES string of the molecule is CCc1ccc(NC(=NCc2ccncc2)NC(=O)c2cccc(OC)c2)cc1. The Bertz CT molecular complexity index is 970. The van der Waals surface area contributed by atoms with Crippen molar-refractivity contribution in [2.45, 2.75) is 19.9 Å². The van der Waals surface area contributed by atoms with Crippen molar-refractivity contribution >= 4 is 17.6 Å². The highest BCUT2D eigenvalue weighted by molar-refractivity contribution is 6.10. The number of aromatic nitrogens is 1. The summed E-state index contributed by atoms with van der Waals surface area (Å²) in [4.78, 5) is 21.3. The van der Waals surface area contributed by atoms with Gasteiger partial charge in [-0.3, -0.25) is 15.1 Å². The van der Waals surface area contributed by atoms with Crippen molar-refractivity contribution in [2.75, 3.05) is 12.4 Å². The van der Waals surface area contributed by atoms with E-state index in [9.17, 15) is 4.79 Å². The molecule has 148 valence electrons. The first-order valence-corrected chi connectivity index (χ1v) is 9.42. The first kappa shape index (κ1) is 20.1. The summed E-state index contributed by atoms with van der Waals surface area (Å²) in [6.45, 7) is 2.52. The van der Waals surface area contributed by atoms with Gasteiger partial charge in [0.2, 0.25) is 5.96 Å². The van der Waals surface area contributed by atoms with Crippen LogP contribution in [0.25, 0.3) is 0 Å². The van der Waals surface area contributed by atoms with Crippen LogP contribution in [-0.4, -0.2) is 24.0 Å². The van der Waals surface area contributed by atoms with Gasteiger partial charge >= 0.3 is 0 Å². The molecule has 2 aromatic carbocycles. The highest BCUT2D eigenvalue weighted by atomic mass is 16.5. The predicted octanol–water partition coefficient (Wildman–Crippen LogP) is 4.05. The second-order valence-corrected chi connectivity index (χ2v) is 6.38. The molecule has 0 saturated carbocycles. The minimum atomic E-state index is -0.268. The predicted molar refractivity (Wildman–Crippen MR) is 115 cm³/mol. The largest absolute Gasteiger partial charge is 0.497 e. The molecule has 2 N–H and O–H groups in total. The standard InChI is InChI=1S/C23H24N4O2/c1-3-17-7-9-20(10-8-17)26-23(25-16-18-11-13-24-14-12-18)27-22(28)19-5-4-6-21(15-19)29-2/h4-15H,3,16H2,1-2H3,(H2,25,26,27,28). The lowest BCUT2D eigenvalue weighted by atomic mass is 10.1. The average molecular weight is 388 g/mol. The van der Waals surface area contributed by atoms with E-state index >= 15 is 0 Å². The Labute approximate surface area is 170 Å². The number of rotatable bonds is 6. The number of carbonyl (C=O) groups is 1. The summed E-state index contributed by atoms with van der Waals surface area (Å²) in [5.41, 5.74) is 3.58. The first-order chi connectivity index (χ1) is 14.2. The summed E-state index contributed by atoms with van der Waals surface area (Å²) in [6.07, 6.45) is 4.41. The number of pyridine rings is 1. The Kier molecular flexibility index (Phi) is 6.95. The van der Waals surface area contributed by atoms with Gasteiger partial charge in [0.15, 0.2) is 0 Å². The topological polar surface area (TPSA) is 75.6 Å². The molecule has 1 aromatic heterocycles. The molecule has 0 aliphatic carbocycles. The van der Waals surface area contributed by atoms with Gasteiger partial charge in [0.05, 0.1) is 13.7 Å². The number of carbonyl (C=O) groups excluding carboxylic acids is 1. The van der Waals surface area contributed by atoms with Crippen molar-refractivity contribution in [1.82, 2.24) is 10.3 Å². The van der Waals surface area contributed by atoms with Crippen LogP contribution in [0.4, 0.5) is 5.69 Å². The highest BCUT2D eigenvalue weighted by Gasteiger charge is 2.10. The zero-order valence-corrected chi connectivity index (χ0v) is 16.6. The molecular formula is C23H24N4O2. The number of aliphatic imine (C=N–C) groups is 1. The van der Waals surface area contributed by atoms with Crippen molar-refractivity contribution in [1.29, 1.82) is 0 Å². The zero-order chi connectivity index (χ0) is 20.5. The third-order valence-electron chi connectivity index (χ3n) is 4.36. The molecule has 0 atom stereocenters. The Morgan fingerprint density at radius 1 is 1.03 bits per heavy atom. The monoisotopic (exact) mass is 388 g/mol. The maximum atomic E-state index is 12.7. The number of hydrogen-bond acceptors (Lipinski definition) is 4. The maximum Gasteiger partial charge on any atom is 0.258 e. The molecule has 0 aliphatic heterocycles. The second kappa shape index (κ2) is 10.0. The van der Waals surface area contributed by atoms with Crippen molar-refractivity contribution in [3.05, 3.63) is 89.7 Å². The van der Waals surface area contributed by atoms with Gasteiger partial charge in [0.1, 0.15) is 5.75 Å². The minimum Gasteiger partial charge on any atom is -0.497 e. The molecule has 6 nitrogen and oxygen atoms in total. The van der Waals surface area contributed by atoms with Crippen LogP contribution >= 0.6 is 0 Å². The quantitative estimate of drug-likeness (QED) is 0.493. The zero-order valence-electron chi connectivity index (χ0n) is 16.6. The summed E-state index contributed by atoms with van der Waals surface area (Å²) in [5.74, 6) is 0.727. The molecule has 0 radical (unpaired) electrons. The molecule has 0 bridgehead atoms. The number of aryl methyl sites for hydroxylation is 1. The molecule has 0 fully saturated rings. The molecule has 1 amide bonds. The van der Waals surface area contributed by atoms with E-state index in [2.05, 4.69) is 27.5 Å². The van der Waals surface area contributed by atoms with Crippen LogP contribution in [0, 0.1) is 0 Å². The van der Waals surface area contributed by atoms with Crippen molar-refractivity contribution in [2.24, 2.45) is 4.99 Å². The number of amides is 1. The van der Waals surface area contributed by atoms with E-state index in [-0.39, 0.29) is 5.91 Å². The highest BCUT2D eigenvalue weighted by Crippen LogP contribution is 2.13. The molecular weight excluding hydrogens is 364 g/mol. The molecule has 29 heavy (non-hydrogen) atoms. The third kappa shape index (κ3) is 5.90. The lowest BCUT2D eigenvalue weighted by Crippen LogP contribution is -2.36. The van der Waals surface area contributed by atoms with Crippen LogP contribution in [0.5, 0.6) is 5.75 Å². The number of hydrogen-bond donors (Lipinski definition) is 2. The summed E-state index contributed by atoms with van der Waals surface area (Å²) in [6, 6.07) is 18.8. The van der Waals surface area contributed by atoms with Crippen LogP contribution in [0.3, 0.4) is 0 Å². The summed E-state index contributed by atoms with van der Waals surface area (Å²) in [5, 5.41) is 6.06. The van der Waals surface area contributed by atoms with Crippen molar-refractivity contribution in [3.8, 4) is 5.75 Å². The fraction of sp³-hybridized carbons (Fsp3) is 0.174. The van der Waals surface area contributed by atoms with E-state index in [1.807, 2.05) is 36.4 Å². The van der Waals surface area contributed by atoms with Gasteiger partial charge < -0.3 is 10.1 Å². The van der Waals surface area contributed by atoms with E-state index in [0.29, 0.717) is 23.8 Å². The van der Waals surface area contributed by atoms with Gasteiger partial charge in [0, 0.05) is 23.6 Å². The third-order valence-corrected chi connectivity index (χ3v) is 4.36. The average Bonchev–Trinajstić information content (AvgIpc) is 2.78. The molecule has 0 saturated heterocycles. The number of nitrogens with one attached hydrogen (secondary N) is 2. The van der Waals surface area contributed by atoms with Crippen LogP contribution < -0.4 is 15.4 Å². The molecule has 0 spiro atoms. The molecule has 0 unspecified atom stereocenters. The molecule has 3 rings (SSSR count). The fourth-order valence-electron chi connectivity index (χ4n) is 2.67. The van der Waals surface area contributed by atoms with E-state index in [1.54, 1.807) is 43.8 Å². The molecule has 6 heteroatoms. The van der Waals surface area contributed by atoms with E-state index < -0.39 is 0 Å². The van der Waals surface area contributed by atoms with Gasteiger partial charge in [-0.05, 0) is 60.0 Å².